The number of amides is 1. The number of aliphatic carboxylic acids is 1. The van der Waals surface area contributed by atoms with E-state index in [-0.39, 0.29) is 23.9 Å². The van der Waals surface area contributed by atoms with Gasteiger partial charge in [-0.1, -0.05) is 0 Å². The van der Waals surface area contributed by atoms with Crippen LogP contribution < -0.4 is 14.8 Å². The molecular formula is C23H19F2N3O5. The number of hydrogen-bond donors (Lipinski definition) is 2. The van der Waals surface area contributed by atoms with Crippen molar-refractivity contribution in [1.82, 2.24) is 15.1 Å². The molecular weight excluding hydrogens is 436 g/mol. The van der Waals surface area contributed by atoms with Crippen molar-refractivity contribution in [3.05, 3.63) is 58.8 Å². The average molecular weight is 455 g/mol. The molecule has 1 amide bonds. The molecule has 2 aliphatic rings. The third-order valence-electron chi connectivity index (χ3n) is 5.98. The number of carbonyl (C=O) groups excluding carboxylic acids is 1. The van der Waals surface area contributed by atoms with E-state index in [1.165, 1.54) is 18.8 Å². The molecule has 10 heteroatoms. The van der Waals surface area contributed by atoms with Crippen molar-refractivity contribution in [2.75, 3.05) is 14.2 Å². The fraction of sp³-hybridized carbons (Fsp3) is 0.261. The number of benzene rings is 2. The number of ether oxygens (including phenoxy) is 2. The summed E-state index contributed by atoms with van der Waals surface area (Å²) < 4.78 is 40.7. The Morgan fingerprint density at radius 1 is 1.21 bits per heavy atom. The first-order valence-electron chi connectivity index (χ1n) is 10.2. The maximum absolute atomic E-state index is 14.0. The van der Waals surface area contributed by atoms with Crippen molar-refractivity contribution in [3.63, 3.8) is 0 Å². The molecule has 0 bridgehead atoms. The Balaban J connectivity index is 1.75. The first-order chi connectivity index (χ1) is 15.8. The number of halogens is 2. The van der Waals surface area contributed by atoms with Gasteiger partial charge in [0.05, 0.1) is 24.4 Å². The molecule has 8 nitrogen and oxygen atoms in total. The lowest BCUT2D eigenvalue weighted by molar-refractivity contribution is -0.138. The number of carbonyl (C=O) groups is 2. The zero-order valence-corrected chi connectivity index (χ0v) is 17.7. The van der Waals surface area contributed by atoms with Crippen LogP contribution in [0.15, 0.2) is 30.3 Å². The van der Waals surface area contributed by atoms with Gasteiger partial charge in [-0.15, -0.1) is 0 Å². The van der Waals surface area contributed by atoms with Gasteiger partial charge in [-0.25, -0.2) is 13.5 Å². The molecule has 33 heavy (non-hydrogen) atoms. The third-order valence-corrected chi connectivity index (χ3v) is 5.98. The summed E-state index contributed by atoms with van der Waals surface area (Å²) in [6.07, 6.45) is 0.468. The lowest BCUT2D eigenvalue weighted by Crippen LogP contribution is -2.21. The van der Waals surface area contributed by atoms with Gasteiger partial charge in [0.2, 0.25) is 0 Å². The van der Waals surface area contributed by atoms with E-state index in [0.29, 0.717) is 40.3 Å². The monoisotopic (exact) mass is 455 g/mol. The largest absolute Gasteiger partial charge is 0.496 e. The lowest BCUT2D eigenvalue weighted by Gasteiger charge is -2.22. The summed E-state index contributed by atoms with van der Waals surface area (Å²) in [6, 6.07) is 6.39. The van der Waals surface area contributed by atoms with Crippen molar-refractivity contribution in [2.24, 2.45) is 5.92 Å². The van der Waals surface area contributed by atoms with Crippen LogP contribution in [-0.4, -0.2) is 40.9 Å². The average Bonchev–Trinajstić information content (AvgIpc) is 3.50. The highest BCUT2D eigenvalue weighted by Gasteiger charge is 2.46. The van der Waals surface area contributed by atoms with Gasteiger partial charge in [0, 0.05) is 36.2 Å². The summed E-state index contributed by atoms with van der Waals surface area (Å²) in [5, 5.41) is 16.3. The standard InChI is InChI=1S/C23H19F2N3O5/c1-26-22(29)20-17-9-33-19-8-18(32-2)14(13-6-15(13)23(30)31)7-16(19)21(17)28(27-20)12-4-10(24)3-11(25)5-12/h3-5,7-8,13,15H,6,9H2,1-2H3,(H,26,29)(H,30,31)/t13-,15+/m1/s1. The van der Waals surface area contributed by atoms with Crippen molar-refractivity contribution >= 4 is 11.9 Å². The van der Waals surface area contributed by atoms with E-state index in [2.05, 4.69) is 10.4 Å². The summed E-state index contributed by atoms with van der Waals surface area (Å²) in [5.74, 6) is -2.80. The van der Waals surface area contributed by atoms with E-state index in [9.17, 15) is 23.5 Å². The van der Waals surface area contributed by atoms with E-state index in [0.717, 1.165) is 18.2 Å². The second kappa shape index (κ2) is 7.58. The zero-order valence-electron chi connectivity index (χ0n) is 17.7. The SMILES string of the molecule is CNC(=O)c1nn(-c2cc(F)cc(F)c2)c2c1COc1cc(OC)c([C@H]3C[C@@H]3C(=O)O)cc1-2. The van der Waals surface area contributed by atoms with Gasteiger partial charge in [0.25, 0.3) is 5.91 Å². The number of nitrogens with one attached hydrogen (secondary N) is 1. The van der Waals surface area contributed by atoms with Gasteiger partial charge in [-0.2, -0.15) is 5.10 Å². The van der Waals surface area contributed by atoms with E-state index in [4.69, 9.17) is 9.47 Å². The third kappa shape index (κ3) is 3.38. The maximum Gasteiger partial charge on any atom is 0.307 e. The van der Waals surface area contributed by atoms with Crippen LogP contribution in [0.5, 0.6) is 11.5 Å². The molecule has 1 aliphatic carbocycles. The topological polar surface area (TPSA) is 103 Å². The van der Waals surface area contributed by atoms with Crippen LogP contribution in [-0.2, 0) is 11.4 Å². The number of nitrogens with zero attached hydrogens (tertiary/aromatic N) is 2. The van der Waals surface area contributed by atoms with Crippen LogP contribution in [0.1, 0.15) is 34.0 Å². The fourth-order valence-electron chi connectivity index (χ4n) is 4.32. The van der Waals surface area contributed by atoms with Gasteiger partial charge in [-0.05, 0) is 30.2 Å². The Hall–Kier alpha value is -3.95. The molecule has 5 rings (SSSR count). The molecule has 170 valence electrons. The molecule has 0 radical (unpaired) electrons. The van der Waals surface area contributed by atoms with Gasteiger partial charge in [-0.3, -0.25) is 9.59 Å². The first-order valence-corrected chi connectivity index (χ1v) is 10.2. The van der Waals surface area contributed by atoms with Crippen LogP contribution in [0.3, 0.4) is 0 Å². The van der Waals surface area contributed by atoms with Crippen molar-refractivity contribution in [1.29, 1.82) is 0 Å². The minimum Gasteiger partial charge on any atom is -0.496 e. The molecule has 0 spiro atoms. The summed E-state index contributed by atoms with van der Waals surface area (Å²) >= 11 is 0. The molecule has 2 heterocycles. The molecule has 2 N–H and O–H groups in total. The Bertz CT molecular complexity index is 1300. The van der Waals surface area contributed by atoms with Gasteiger partial charge in [0.1, 0.15) is 29.7 Å². The van der Waals surface area contributed by atoms with Crippen LogP contribution in [0.25, 0.3) is 16.9 Å². The smallest absolute Gasteiger partial charge is 0.307 e. The molecule has 2 aromatic carbocycles. The zero-order chi connectivity index (χ0) is 23.4. The maximum atomic E-state index is 14.0. The number of fused-ring (bicyclic) bond motifs is 3. The van der Waals surface area contributed by atoms with Gasteiger partial charge < -0.3 is 19.9 Å². The first kappa shape index (κ1) is 20.9. The van der Waals surface area contributed by atoms with Crippen molar-refractivity contribution < 1.29 is 33.0 Å². The quantitative estimate of drug-likeness (QED) is 0.612. The van der Waals surface area contributed by atoms with Crippen molar-refractivity contribution in [3.8, 4) is 28.4 Å². The summed E-state index contributed by atoms with van der Waals surface area (Å²) in [5.41, 5.74) is 2.26. The number of methoxy groups -OCH3 is 1. The lowest BCUT2D eigenvalue weighted by atomic mass is 9.96. The fourth-order valence-corrected chi connectivity index (χ4v) is 4.32. The molecule has 2 atom stereocenters. The second-order valence-corrected chi connectivity index (χ2v) is 7.96. The molecule has 1 saturated carbocycles. The predicted molar refractivity (Wildman–Crippen MR) is 112 cm³/mol. The predicted octanol–water partition coefficient (Wildman–Crippen LogP) is 3.27. The molecule has 1 fully saturated rings. The molecule has 0 saturated heterocycles. The number of rotatable bonds is 5. The van der Waals surface area contributed by atoms with Gasteiger partial charge in [0.15, 0.2) is 5.69 Å². The van der Waals surface area contributed by atoms with Crippen molar-refractivity contribution in [2.45, 2.75) is 18.9 Å². The Morgan fingerprint density at radius 3 is 2.55 bits per heavy atom. The Kier molecular flexibility index (Phi) is 4.80. The summed E-state index contributed by atoms with van der Waals surface area (Å²) in [4.78, 5) is 24.0. The number of carboxylic acid groups (broad SMARTS) is 1. The Morgan fingerprint density at radius 2 is 1.94 bits per heavy atom. The van der Waals surface area contributed by atoms with Crippen LogP contribution in [0, 0.1) is 17.6 Å². The second-order valence-electron chi connectivity index (χ2n) is 7.96. The molecule has 0 unspecified atom stereocenters. The van der Waals surface area contributed by atoms with E-state index >= 15 is 0 Å². The van der Waals surface area contributed by atoms with E-state index in [1.54, 1.807) is 12.1 Å². The van der Waals surface area contributed by atoms with Gasteiger partial charge >= 0.3 is 5.97 Å². The minimum absolute atomic E-state index is 0.00651. The normalized spacial score (nSPS) is 18.1. The highest BCUT2D eigenvalue weighted by molar-refractivity contribution is 5.96. The Labute approximate surface area is 186 Å². The molecule has 3 aromatic rings. The van der Waals surface area contributed by atoms with Crippen LogP contribution in [0.2, 0.25) is 0 Å². The van der Waals surface area contributed by atoms with Crippen LogP contribution >= 0.6 is 0 Å². The number of aromatic nitrogens is 2. The molecule has 1 aliphatic heterocycles. The highest BCUT2D eigenvalue weighted by atomic mass is 19.1. The summed E-state index contributed by atoms with van der Waals surface area (Å²) in [6.45, 7) is 0.00651. The highest BCUT2D eigenvalue weighted by Crippen LogP contribution is 2.53. The number of hydrogen-bond acceptors (Lipinski definition) is 5. The number of carboxylic acids is 1. The molecule has 1 aromatic heterocycles. The summed E-state index contributed by atoms with van der Waals surface area (Å²) in [7, 11) is 2.94. The van der Waals surface area contributed by atoms with E-state index in [1.807, 2.05) is 0 Å². The van der Waals surface area contributed by atoms with Crippen LogP contribution in [0.4, 0.5) is 8.78 Å². The van der Waals surface area contributed by atoms with E-state index < -0.39 is 29.4 Å². The minimum atomic E-state index is -0.890.